The van der Waals surface area contributed by atoms with Gasteiger partial charge in [0.05, 0.1) is 13.7 Å². The van der Waals surface area contributed by atoms with Gasteiger partial charge in [-0.3, -0.25) is 14.6 Å². The molecule has 0 atom stereocenters. The Morgan fingerprint density at radius 3 is 2.50 bits per heavy atom. The highest BCUT2D eigenvalue weighted by Crippen LogP contribution is 2.29. The van der Waals surface area contributed by atoms with Crippen LogP contribution in [0.25, 0.3) is 10.8 Å². The van der Waals surface area contributed by atoms with E-state index in [-0.39, 0.29) is 6.54 Å². The Morgan fingerprint density at radius 2 is 1.88 bits per heavy atom. The second-order valence-electron chi connectivity index (χ2n) is 6.94. The maximum atomic E-state index is 11.0. The van der Waals surface area contributed by atoms with Crippen molar-refractivity contribution in [3.8, 4) is 5.75 Å². The molecule has 0 radical (unpaired) electrons. The number of nitrogens with zero attached hydrogens (tertiary/aromatic N) is 2. The van der Waals surface area contributed by atoms with Gasteiger partial charge >= 0.3 is 5.97 Å². The molecular formula is C21H28N2O3. The highest BCUT2D eigenvalue weighted by Gasteiger charge is 2.25. The summed E-state index contributed by atoms with van der Waals surface area (Å²) in [6, 6.07) is 13.0. The van der Waals surface area contributed by atoms with E-state index >= 15 is 0 Å². The van der Waals surface area contributed by atoms with Crippen molar-refractivity contribution in [1.29, 1.82) is 0 Å². The molecule has 0 amide bonds. The van der Waals surface area contributed by atoms with E-state index < -0.39 is 5.97 Å². The number of piperidine rings is 1. The van der Waals surface area contributed by atoms with Gasteiger partial charge < -0.3 is 9.84 Å². The van der Waals surface area contributed by atoms with Crippen LogP contribution < -0.4 is 4.74 Å². The first-order valence-corrected chi connectivity index (χ1v) is 9.35. The van der Waals surface area contributed by atoms with Gasteiger partial charge in [-0.05, 0) is 49.5 Å². The number of methoxy groups -OCH3 is 1. The van der Waals surface area contributed by atoms with Crippen LogP contribution in [-0.4, -0.2) is 60.2 Å². The maximum Gasteiger partial charge on any atom is 0.317 e. The zero-order valence-electron chi connectivity index (χ0n) is 15.6. The third kappa shape index (κ3) is 4.17. The van der Waals surface area contributed by atoms with E-state index in [2.05, 4.69) is 40.1 Å². The lowest BCUT2D eigenvalue weighted by Crippen LogP contribution is -2.46. The van der Waals surface area contributed by atoms with Crippen LogP contribution in [0.4, 0.5) is 0 Å². The number of fused-ring (bicyclic) bond motifs is 1. The fourth-order valence-corrected chi connectivity index (χ4v) is 4.01. The average molecular weight is 356 g/mol. The lowest BCUT2D eigenvalue weighted by Gasteiger charge is -2.37. The highest BCUT2D eigenvalue weighted by molar-refractivity contribution is 5.91. The Hall–Kier alpha value is -2.11. The Bertz CT molecular complexity index is 754. The monoisotopic (exact) mass is 356 g/mol. The van der Waals surface area contributed by atoms with Crippen LogP contribution in [0.1, 0.15) is 25.3 Å². The molecule has 3 rings (SSSR count). The van der Waals surface area contributed by atoms with E-state index in [4.69, 9.17) is 9.84 Å². The molecule has 5 heteroatoms. The minimum absolute atomic E-state index is 0.143. The molecule has 0 bridgehead atoms. The van der Waals surface area contributed by atoms with Crippen molar-refractivity contribution in [2.24, 2.45) is 0 Å². The predicted molar refractivity (Wildman–Crippen MR) is 104 cm³/mol. The van der Waals surface area contributed by atoms with Crippen molar-refractivity contribution in [1.82, 2.24) is 9.80 Å². The molecule has 0 aliphatic carbocycles. The fourth-order valence-electron chi connectivity index (χ4n) is 4.01. The first-order valence-electron chi connectivity index (χ1n) is 9.35. The van der Waals surface area contributed by atoms with E-state index in [1.165, 1.54) is 10.9 Å². The van der Waals surface area contributed by atoms with Crippen LogP contribution in [0.2, 0.25) is 0 Å². The van der Waals surface area contributed by atoms with Crippen molar-refractivity contribution >= 4 is 16.7 Å². The number of hydrogen-bond acceptors (Lipinski definition) is 4. The van der Waals surface area contributed by atoms with Crippen molar-refractivity contribution in [3.63, 3.8) is 0 Å². The van der Waals surface area contributed by atoms with Gasteiger partial charge in [0, 0.05) is 18.0 Å². The van der Waals surface area contributed by atoms with Crippen LogP contribution in [-0.2, 0) is 11.3 Å². The number of likely N-dealkylation sites (tertiary alicyclic amines) is 1. The number of benzene rings is 2. The SMILES string of the molecule is CCN(CC(=O)O)C1CCN(Cc2ccc(OC)c3ccccc23)CC1. The number of hydrogen-bond donors (Lipinski definition) is 1. The average Bonchev–Trinajstić information content (AvgIpc) is 2.67. The van der Waals surface area contributed by atoms with E-state index in [0.717, 1.165) is 50.2 Å². The topological polar surface area (TPSA) is 53.0 Å². The number of aliphatic carboxylic acids is 1. The van der Waals surface area contributed by atoms with Crippen LogP contribution in [0.3, 0.4) is 0 Å². The second kappa shape index (κ2) is 8.52. The van der Waals surface area contributed by atoms with Crippen LogP contribution in [0, 0.1) is 0 Å². The summed E-state index contributed by atoms with van der Waals surface area (Å²) in [4.78, 5) is 15.6. The highest BCUT2D eigenvalue weighted by atomic mass is 16.5. The summed E-state index contributed by atoms with van der Waals surface area (Å²) in [5, 5.41) is 11.5. The lowest BCUT2D eigenvalue weighted by atomic mass is 10.00. The molecule has 0 unspecified atom stereocenters. The van der Waals surface area contributed by atoms with Gasteiger partial charge in [0.25, 0.3) is 0 Å². The van der Waals surface area contributed by atoms with Gasteiger partial charge in [0.15, 0.2) is 0 Å². The molecule has 1 aliphatic heterocycles. The molecule has 2 aromatic rings. The summed E-state index contributed by atoms with van der Waals surface area (Å²) in [5.41, 5.74) is 1.32. The summed E-state index contributed by atoms with van der Waals surface area (Å²) in [7, 11) is 1.71. The first-order chi connectivity index (χ1) is 12.6. The predicted octanol–water partition coefficient (Wildman–Crippen LogP) is 3.22. The minimum Gasteiger partial charge on any atom is -0.496 e. The van der Waals surface area contributed by atoms with Gasteiger partial charge in [-0.2, -0.15) is 0 Å². The number of carboxylic acids is 1. The third-order valence-corrected chi connectivity index (χ3v) is 5.41. The van der Waals surface area contributed by atoms with E-state index in [9.17, 15) is 4.79 Å². The molecule has 26 heavy (non-hydrogen) atoms. The van der Waals surface area contributed by atoms with E-state index in [0.29, 0.717) is 6.04 Å². The van der Waals surface area contributed by atoms with Crippen LogP contribution in [0.5, 0.6) is 5.75 Å². The number of carbonyl (C=O) groups is 1. The van der Waals surface area contributed by atoms with Gasteiger partial charge in [-0.25, -0.2) is 0 Å². The molecular weight excluding hydrogens is 328 g/mol. The van der Waals surface area contributed by atoms with Gasteiger partial charge in [0.2, 0.25) is 0 Å². The van der Waals surface area contributed by atoms with E-state index in [1.807, 2.05) is 13.0 Å². The molecule has 1 aliphatic rings. The summed E-state index contributed by atoms with van der Waals surface area (Å²) in [6.45, 7) is 5.90. The molecule has 0 aromatic heterocycles. The van der Waals surface area contributed by atoms with Crippen molar-refractivity contribution < 1.29 is 14.6 Å². The molecule has 140 valence electrons. The molecule has 1 heterocycles. The molecule has 1 saturated heterocycles. The molecule has 1 N–H and O–H groups in total. The standard InChI is InChI=1S/C21H28N2O3/c1-3-23(15-21(24)25)17-10-12-22(13-11-17)14-16-8-9-20(26-2)19-7-5-4-6-18(16)19/h4-9,17H,3,10-15H2,1-2H3,(H,24,25). The summed E-state index contributed by atoms with van der Waals surface area (Å²) >= 11 is 0. The Labute approximate surface area is 155 Å². The molecule has 0 saturated carbocycles. The van der Waals surface area contributed by atoms with Crippen molar-refractivity contribution in [2.45, 2.75) is 32.4 Å². The minimum atomic E-state index is -0.737. The van der Waals surface area contributed by atoms with Crippen molar-refractivity contribution in [2.75, 3.05) is 33.3 Å². The number of ether oxygens (including phenoxy) is 1. The summed E-state index contributed by atoms with van der Waals surface area (Å²) in [5.74, 6) is 0.175. The molecule has 0 spiro atoms. The molecule has 2 aromatic carbocycles. The normalized spacial score (nSPS) is 16.3. The Balaban J connectivity index is 1.67. The largest absolute Gasteiger partial charge is 0.496 e. The number of rotatable bonds is 7. The zero-order valence-corrected chi connectivity index (χ0v) is 15.6. The third-order valence-electron chi connectivity index (χ3n) is 5.41. The summed E-state index contributed by atoms with van der Waals surface area (Å²) < 4.78 is 5.49. The fraction of sp³-hybridized carbons (Fsp3) is 0.476. The lowest BCUT2D eigenvalue weighted by molar-refractivity contribution is -0.139. The van der Waals surface area contributed by atoms with Crippen LogP contribution in [0.15, 0.2) is 36.4 Å². The quantitative estimate of drug-likeness (QED) is 0.825. The first kappa shape index (κ1) is 18.7. The van der Waals surface area contributed by atoms with E-state index in [1.54, 1.807) is 7.11 Å². The number of carboxylic acid groups (broad SMARTS) is 1. The summed E-state index contributed by atoms with van der Waals surface area (Å²) in [6.07, 6.45) is 2.05. The smallest absolute Gasteiger partial charge is 0.317 e. The molecule has 5 nitrogen and oxygen atoms in total. The van der Waals surface area contributed by atoms with Crippen LogP contribution >= 0.6 is 0 Å². The maximum absolute atomic E-state index is 11.0. The second-order valence-corrected chi connectivity index (χ2v) is 6.94. The molecule has 1 fully saturated rings. The Kier molecular flexibility index (Phi) is 6.12. The van der Waals surface area contributed by atoms with Gasteiger partial charge in [0.1, 0.15) is 5.75 Å². The van der Waals surface area contributed by atoms with Crippen molar-refractivity contribution in [3.05, 3.63) is 42.0 Å². The number of likely N-dealkylation sites (N-methyl/N-ethyl adjacent to an activating group) is 1. The van der Waals surface area contributed by atoms with Gasteiger partial charge in [-0.1, -0.05) is 37.3 Å². The zero-order chi connectivity index (χ0) is 18.5. The Morgan fingerprint density at radius 1 is 1.19 bits per heavy atom. The van der Waals surface area contributed by atoms with Gasteiger partial charge in [-0.15, -0.1) is 0 Å².